The van der Waals surface area contributed by atoms with E-state index < -0.39 is 0 Å². The molecule has 0 aliphatic carbocycles. The van der Waals surface area contributed by atoms with Crippen molar-refractivity contribution in [2.45, 2.75) is 25.8 Å². The molecule has 8 heteroatoms. The second kappa shape index (κ2) is 11.3. The molecule has 39 heavy (non-hydrogen) atoms. The highest BCUT2D eigenvalue weighted by Gasteiger charge is 2.21. The maximum atomic E-state index is 13.2. The molecule has 0 bridgehead atoms. The topological polar surface area (TPSA) is 87.5 Å². The molecule has 198 valence electrons. The third-order valence-corrected chi connectivity index (χ3v) is 7.04. The zero-order valence-electron chi connectivity index (χ0n) is 22.0. The molecule has 3 amide bonds. The minimum Gasteiger partial charge on any atom is -0.343 e. The van der Waals surface area contributed by atoms with E-state index in [1.165, 1.54) is 0 Å². The normalized spacial score (nSPS) is 13.1. The molecule has 0 saturated carbocycles. The van der Waals surface area contributed by atoms with Gasteiger partial charge in [0.2, 0.25) is 11.9 Å². The van der Waals surface area contributed by atoms with Crippen LogP contribution in [0.4, 0.5) is 11.6 Å². The van der Waals surface area contributed by atoms with Crippen molar-refractivity contribution in [2.24, 2.45) is 0 Å². The summed E-state index contributed by atoms with van der Waals surface area (Å²) in [5.41, 5.74) is 4.14. The predicted octanol–water partition coefficient (Wildman–Crippen LogP) is 5.22. The maximum absolute atomic E-state index is 13.2. The number of carbonyl (C=O) groups excluding carboxylic acids is 3. The van der Waals surface area contributed by atoms with Crippen LogP contribution in [0.2, 0.25) is 0 Å². The summed E-state index contributed by atoms with van der Waals surface area (Å²) in [4.78, 5) is 46.5. The lowest BCUT2D eigenvalue weighted by Crippen LogP contribution is -2.26. The molecule has 0 unspecified atom stereocenters. The number of likely N-dealkylation sites (tertiary alicyclic amines) is 1. The van der Waals surface area contributed by atoms with E-state index in [0.717, 1.165) is 30.5 Å². The molecule has 0 atom stereocenters. The number of amides is 3. The Morgan fingerprint density at radius 3 is 2.56 bits per heavy atom. The van der Waals surface area contributed by atoms with Crippen molar-refractivity contribution >= 4 is 46.5 Å². The second-order valence-electron chi connectivity index (χ2n) is 9.61. The van der Waals surface area contributed by atoms with Gasteiger partial charge in [0.1, 0.15) is 0 Å². The van der Waals surface area contributed by atoms with E-state index >= 15 is 0 Å². The zero-order chi connectivity index (χ0) is 27.4. The number of hydrogen-bond donors (Lipinski definition) is 1. The number of hydrogen-bond acceptors (Lipinski definition) is 4. The van der Waals surface area contributed by atoms with Crippen molar-refractivity contribution in [3.8, 4) is 0 Å². The van der Waals surface area contributed by atoms with Crippen molar-refractivity contribution in [1.82, 2.24) is 14.5 Å². The van der Waals surface area contributed by atoms with Crippen LogP contribution in [0.25, 0.3) is 17.1 Å². The number of aromatic nitrogens is 2. The molecule has 5 rings (SSSR count). The molecule has 4 aromatic rings. The summed E-state index contributed by atoms with van der Waals surface area (Å²) in [5.74, 6) is 0.208. The Morgan fingerprint density at radius 2 is 1.82 bits per heavy atom. The average Bonchev–Trinajstić information content (AvgIpc) is 3.54. The van der Waals surface area contributed by atoms with Gasteiger partial charge in [0.15, 0.2) is 0 Å². The molecule has 1 aliphatic heterocycles. The quantitative estimate of drug-likeness (QED) is 0.327. The summed E-state index contributed by atoms with van der Waals surface area (Å²) in [6, 6.07) is 22.0. The molecule has 0 spiro atoms. The van der Waals surface area contributed by atoms with Crippen LogP contribution >= 0.6 is 0 Å². The SMILES string of the molecule is C=Cc1cccc(C(=O)Nc2nc3cc(N(C)C(=O)c4ccccc4)ccc3n2CCCN2CCCC2=O)c1. The van der Waals surface area contributed by atoms with Crippen molar-refractivity contribution in [1.29, 1.82) is 0 Å². The van der Waals surface area contributed by atoms with Crippen LogP contribution < -0.4 is 10.2 Å². The lowest BCUT2D eigenvalue weighted by Gasteiger charge is -2.18. The van der Waals surface area contributed by atoms with Crippen LogP contribution in [-0.4, -0.2) is 52.3 Å². The molecule has 1 aromatic heterocycles. The predicted molar refractivity (Wildman–Crippen MR) is 154 cm³/mol. The zero-order valence-corrected chi connectivity index (χ0v) is 22.0. The highest BCUT2D eigenvalue weighted by Crippen LogP contribution is 2.27. The standard InChI is InChI=1S/C31H31N5O3/c1-3-22-10-7-13-24(20-22)29(38)33-31-32-26-21-25(34(2)30(39)23-11-5-4-6-12-23)15-16-27(26)36(31)19-9-18-35-17-8-14-28(35)37/h3-7,10-13,15-16,20-21H,1,8-9,14,17-19H2,2H3,(H,32,33,38). The second-order valence-corrected chi connectivity index (χ2v) is 9.61. The summed E-state index contributed by atoms with van der Waals surface area (Å²) in [5, 5.41) is 2.97. The summed E-state index contributed by atoms with van der Waals surface area (Å²) >= 11 is 0. The number of rotatable bonds is 9. The lowest BCUT2D eigenvalue weighted by molar-refractivity contribution is -0.127. The highest BCUT2D eigenvalue weighted by atomic mass is 16.2. The van der Waals surface area contributed by atoms with Gasteiger partial charge in [-0.25, -0.2) is 4.98 Å². The lowest BCUT2D eigenvalue weighted by atomic mass is 10.1. The Morgan fingerprint density at radius 1 is 1.03 bits per heavy atom. The Balaban J connectivity index is 1.44. The molecule has 8 nitrogen and oxygen atoms in total. The molecule has 1 saturated heterocycles. The van der Waals surface area contributed by atoms with Crippen LogP contribution in [0, 0.1) is 0 Å². The van der Waals surface area contributed by atoms with Gasteiger partial charge in [0.05, 0.1) is 11.0 Å². The van der Waals surface area contributed by atoms with Gasteiger partial charge in [0.25, 0.3) is 11.8 Å². The van der Waals surface area contributed by atoms with Gasteiger partial charge in [-0.1, -0.05) is 43.0 Å². The fourth-order valence-corrected chi connectivity index (χ4v) is 4.88. The Labute approximate surface area is 227 Å². The minimum absolute atomic E-state index is 0.125. The van der Waals surface area contributed by atoms with Crippen molar-refractivity contribution < 1.29 is 14.4 Å². The van der Waals surface area contributed by atoms with E-state index in [1.54, 1.807) is 42.3 Å². The number of nitrogens with one attached hydrogen (secondary N) is 1. The minimum atomic E-state index is -0.276. The molecule has 3 aromatic carbocycles. The first-order chi connectivity index (χ1) is 18.9. The third kappa shape index (κ3) is 5.60. The van der Waals surface area contributed by atoms with Crippen LogP contribution in [-0.2, 0) is 11.3 Å². The van der Waals surface area contributed by atoms with E-state index in [9.17, 15) is 14.4 Å². The fourth-order valence-electron chi connectivity index (χ4n) is 4.88. The van der Waals surface area contributed by atoms with Crippen molar-refractivity contribution in [3.05, 3.63) is 96.1 Å². The number of benzene rings is 3. The summed E-state index contributed by atoms with van der Waals surface area (Å²) in [6.07, 6.45) is 3.92. The molecule has 1 aliphatic rings. The van der Waals surface area contributed by atoms with Gasteiger partial charge < -0.3 is 14.4 Å². The summed E-state index contributed by atoms with van der Waals surface area (Å²) in [6.45, 7) is 5.79. The van der Waals surface area contributed by atoms with Gasteiger partial charge in [-0.2, -0.15) is 0 Å². The Kier molecular flexibility index (Phi) is 7.54. The number of anilines is 2. The molecular weight excluding hydrogens is 490 g/mol. The van der Waals surface area contributed by atoms with E-state index in [-0.39, 0.29) is 17.7 Å². The molecule has 1 N–H and O–H groups in total. The van der Waals surface area contributed by atoms with Crippen LogP contribution in [0.1, 0.15) is 45.5 Å². The monoisotopic (exact) mass is 521 g/mol. The molecule has 0 radical (unpaired) electrons. The first-order valence-corrected chi connectivity index (χ1v) is 13.1. The average molecular weight is 522 g/mol. The Bertz CT molecular complexity index is 1540. The van der Waals surface area contributed by atoms with Crippen LogP contribution in [0.15, 0.2) is 79.4 Å². The molecular formula is C31H31N5O3. The fraction of sp³-hybridized carbons (Fsp3) is 0.226. The number of nitrogens with zero attached hydrogens (tertiary/aromatic N) is 4. The first kappa shape index (κ1) is 25.9. The number of carbonyl (C=O) groups is 3. The van der Waals surface area contributed by atoms with E-state index in [0.29, 0.717) is 47.8 Å². The largest absolute Gasteiger partial charge is 0.343 e. The van der Waals surface area contributed by atoms with Gasteiger partial charge >= 0.3 is 0 Å². The van der Waals surface area contributed by atoms with E-state index in [2.05, 4.69) is 11.9 Å². The van der Waals surface area contributed by atoms with Gasteiger partial charge in [-0.15, -0.1) is 0 Å². The number of imidazole rings is 1. The third-order valence-electron chi connectivity index (χ3n) is 7.04. The smallest absolute Gasteiger partial charge is 0.258 e. The van der Waals surface area contributed by atoms with Crippen molar-refractivity contribution in [2.75, 3.05) is 30.4 Å². The van der Waals surface area contributed by atoms with Gasteiger partial charge in [-0.05, 0) is 60.9 Å². The van der Waals surface area contributed by atoms with Gasteiger partial charge in [-0.3, -0.25) is 19.7 Å². The molecule has 2 heterocycles. The Hall–Kier alpha value is -4.72. The highest BCUT2D eigenvalue weighted by molar-refractivity contribution is 6.07. The maximum Gasteiger partial charge on any atom is 0.258 e. The van der Waals surface area contributed by atoms with Crippen molar-refractivity contribution in [3.63, 3.8) is 0 Å². The van der Waals surface area contributed by atoms with Crippen LogP contribution in [0.3, 0.4) is 0 Å². The van der Waals surface area contributed by atoms with E-state index in [1.807, 2.05) is 58.0 Å². The molecule has 1 fully saturated rings. The van der Waals surface area contributed by atoms with Gasteiger partial charge in [0, 0.05) is 49.9 Å². The number of aryl methyl sites for hydroxylation is 1. The summed E-state index contributed by atoms with van der Waals surface area (Å²) in [7, 11) is 1.73. The number of fused-ring (bicyclic) bond motifs is 1. The van der Waals surface area contributed by atoms with E-state index in [4.69, 9.17) is 4.98 Å². The summed E-state index contributed by atoms with van der Waals surface area (Å²) < 4.78 is 1.97. The first-order valence-electron chi connectivity index (χ1n) is 13.1. The van der Waals surface area contributed by atoms with Crippen LogP contribution in [0.5, 0.6) is 0 Å².